The standard InChI is InChI=1S/C15H15NO3S2/c1-9-3-4-11(10(2)7-9)8-12-14(19)16(15(20)21-12)6-5-13(17)18/h3-4,7-8H,5-6H2,1-2H3,(H,17,18)/p-1/b12-8-. The molecule has 0 saturated carbocycles. The van der Waals surface area contributed by atoms with Gasteiger partial charge in [-0.2, -0.15) is 0 Å². The van der Waals surface area contributed by atoms with Crippen LogP contribution in [0.2, 0.25) is 0 Å². The van der Waals surface area contributed by atoms with E-state index in [9.17, 15) is 14.7 Å². The Morgan fingerprint density at radius 1 is 1.43 bits per heavy atom. The number of benzene rings is 1. The number of carbonyl (C=O) groups is 2. The lowest BCUT2D eigenvalue weighted by molar-refractivity contribution is -0.305. The van der Waals surface area contributed by atoms with Gasteiger partial charge in [0.1, 0.15) is 4.32 Å². The molecule has 1 aliphatic heterocycles. The number of aliphatic carboxylic acids is 1. The van der Waals surface area contributed by atoms with E-state index in [1.165, 1.54) is 16.7 Å². The van der Waals surface area contributed by atoms with Crippen molar-refractivity contribution in [1.82, 2.24) is 4.90 Å². The molecule has 0 N–H and O–H groups in total. The highest BCUT2D eigenvalue weighted by Gasteiger charge is 2.31. The Bertz CT molecular complexity index is 652. The van der Waals surface area contributed by atoms with Crippen molar-refractivity contribution in [2.75, 3.05) is 6.54 Å². The van der Waals surface area contributed by atoms with Gasteiger partial charge in [-0.15, -0.1) is 0 Å². The van der Waals surface area contributed by atoms with E-state index >= 15 is 0 Å². The van der Waals surface area contributed by atoms with Gasteiger partial charge >= 0.3 is 0 Å². The van der Waals surface area contributed by atoms with Crippen molar-refractivity contribution >= 4 is 46.3 Å². The molecule has 0 aliphatic carbocycles. The normalized spacial score (nSPS) is 16.9. The average Bonchev–Trinajstić information content (AvgIpc) is 2.65. The second kappa shape index (κ2) is 6.41. The Kier molecular flexibility index (Phi) is 4.80. The Morgan fingerprint density at radius 2 is 2.14 bits per heavy atom. The molecule has 0 unspecified atom stereocenters. The van der Waals surface area contributed by atoms with Crippen molar-refractivity contribution in [2.45, 2.75) is 20.3 Å². The molecule has 1 saturated heterocycles. The molecule has 1 aliphatic rings. The van der Waals surface area contributed by atoms with Gasteiger partial charge in [-0.05, 0) is 31.1 Å². The SMILES string of the molecule is Cc1ccc(/C=C2\SC(=S)N(CCC(=O)[O-])C2=O)c(C)c1. The van der Waals surface area contributed by atoms with E-state index in [0.29, 0.717) is 9.23 Å². The lowest BCUT2D eigenvalue weighted by atomic mass is 10.1. The summed E-state index contributed by atoms with van der Waals surface area (Å²) in [5.74, 6) is -1.44. The largest absolute Gasteiger partial charge is 0.550 e. The monoisotopic (exact) mass is 320 g/mol. The topological polar surface area (TPSA) is 60.4 Å². The van der Waals surface area contributed by atoms with Crippen LogP contribution in [0, 0.1) is 13.8 Å². The van der Waals surface area contributed by atoms with Crippen LogP contribution in [0.25, 0.3) is 6.08 Å². The van der Waals surface area contributed by atoms with Crippen LogP contribution < -0.4 is 5.11 Å². The first kappa shape index (κ1) is 15.7. The smallest absolute Gasteiger partial charge is 0.266 e. The molecule has 0 bridgehead atoms. The van der Waals surface area contributed by atoms with Crippen LogP contribution in [0.15, 0.2) is 23.1 Å². The second-order valence-electron chi connectivity index (χ2n) is 4.82. The van der Waals surface area contributed by atoms with Crippen molar-refractivity contribution in [1.29, 1.82) is 0 Å². The van der Waals surface area contributed by atoms with Gasteiger partial charge in [0.05, 0.1) is 4.91 Å². The number of carboxylic acids is 1. The van der Waals surface area contributed by atoms with Crippen LogP contribution >= 0.6 is 24.0 Å². The molecule has 0 atom stereocenters. The van der Waals surface area contributed by atoms with Crippen molar-refractivity contribution in [2.24, 2.45) is 0 Å². The van der Waals surface area contributed by atoms with Crippen molar-refractivity contribution in [3.8, 4) is 0 Å². The summed E-state index contributed by atoms with van der Waals surface area (Å²) in [6.07, 6.45) is 1.58. The number of thioether (sulfide) groups is 1. The molecule has 1 heterocycles. The quantitative estimate of drug-likeness (QED) is 0.623. The summed E-state index contributed by atoms with van der Waals surface area (Å²) < 4.78 is 0.386. The number of nitrogens with zero attached hydrogens (tertiary/aromatic N) is 1. The van der Waals surface area contributed by atoms with Gasteiger partial charge in [0.25, 0.3) is 5.91 Å². The van der Waals surface area contributed by atoms with E-state index in [-0.39, 0.29) is 18.9 Å². The predicted octanol–water partition coefficient (Wildman–Crippen LogP) is 1.64. The lowest BCUT2D eigenvalue weighted by Gasteiger charge is -2.14. The molecular formula is C15H14NO3S2-. The average molecular weight is 320 g/mol. The van der Waals surface area contributed by atoms with Gasteiger partial charge in [-0.3, -0.25) is 9.69 Å². The third-order valence-electron chi connectivity index (χ3n) is 3.13. The number of hydrogen-bond acceptors (Lipinski definition) is 5. The fourth-order valence-corrected chi connectivity index (χ4v) is 3.32. The van der Waals surface area contributed by atoms with Crippen molar-refractivity contribution < 1.29 is 14.7 Å². The van der Waals surface area contributed by atoms with E-state index in [1.54, 1.807) is 6.08 Å². The lowest BCUT2D eigenvalue weighted by Crippen LogP contribution is -2.33. The Morgan fingerprint density at radius 3 is 2.76 bits per heavy atom. The number of carboxylic acid groups (broad SMARTS) is 1. The summed E-state index contributed by atoms with van der Waals surface area (Å²) in [6, 6.07) is 5.98. The Hall–Kier alpha value is -1.66. The van der Waals surface area contributed by atoms with Gasteiger partial charge in [0, 0.05) is 18.9 Å². The van der Waals surface area contributed by atoms with Crippen molar-refractivity contribution in [3.05, 3.63) is 39.8 Å². The molecule has 6 heteroatoms. The third-order valence-corrected chi connectivity index (χ3v) is 4.50. The maximum atomic E-state index is 12.2. The fourth-order valence-electron chi connectivity index (χ4n) is 2.02. The maximum Gasteiger partial charge on any atom is 0.266 e. The first-order valence-corrected chi connectivity index (χ1v) is 7.63. The number of rotatable bonds is 4. The molecular weight excluding hydrogens is 306 g/mol. The zero-order chi connectivity index (χ0) is 15.6. The van der Waals surface area contributed by atoms with Crippen LogP contribution in [0.3, 0.4) is 0 Å². The summed E-state index contributed by atoms with van der Waals surface area (Å²) >= 11 is 6.33. The first-order chi connectivity index (χ1) is 9.88. The minimum atomic E-state index is -1.19. The minimum Gasteiger partial charge on any atom is -0.550 e. The Balaban J connectivity index is 2.21. The number of hydrogen-bond donors (Lipinski definition) is 0. The summed E-state index contributed by atoms with van der Waals surface area (Å²) in [4.78, 5) is 24.6. The second-order valence-corrected chi connectivity index (χ2v) is 6.49. The molecule has 1 aromatic rings. The molecule has 110 valence electrons. The van der Waals surface area contributed by atoms with Crippen molar-refractivity contribution in [3.63, 3.8) is 0 Å². The fraction of sp³-hybridized carbons (Fsp3) is 0.267. The minimum absolute atomic E-state index is 0.0528. The molecule has 0 spiro atoms. The maximum absolute atomic E-state index is 12.2. The Labute approximate surface area is 132 Å². The molecule has 1 aromatic carbocycles. The zero-order valence-electron chi connectivity index (χ0n) is 11.7. The number of carbonyl (C=O) groups excluding carboxylic acids is 2. The molecule has 1 fully saturated rings. The van der Waals surface area contributed by atoms with E-state index < -0.39 is 5.97 Å². The van der Waals surface area contributed by atoms with E-state index in [0.717, 1.165) is 16.7 Å². The van der Waals surface area contributed by atoms with E-state index in [2.05, 4.69) is 0 Å². The van der Waals surface area contributed by atoms with Crippen LogP contribution in [0.5, 0.6) is 0 Å². The predicted molar refractivity (Wildman–Crippen MR) is 85.4 cm³/mol. The van der Waals surface area contributed by atoms with Gasteiger partial charge in [0.15, 0.2) is 0 Å². The molecule has 1 amide bonds. The molecule has 0 radical (unpaired) electrons. The van der Waals surface area contributed by atoms with Gasteiger partial charge < -0.3 is 9.90 Å². The van der Waals surface area contributed by atoms with Gasteiger partial charge in [-0.1, -0.05) is 47.7 Å². The molecule has 0 aromatic heterocycles. The van der Waals surface area contributed by atoms with E-state index in [4.69, 9.17) is 12.2 Å². The third kappa shape index (κ3) is 3.71. The zero-order valence-corrected chi connectivity index (χ0v) is 13.3. The summed E-state index contributed by atoms with van der Waals surface area (Å²) in [6.45, 7) is 4.04. The van der Waals surface area contributed by atoms with Crippen LogP contribution in [-0.4, -0.2) is 27.6 Å². The van der Waals surface area contributed by atoms with Crippen LogP contribution in [0.4, 0.5) is 0 Å². The molecule has 4 nitrogen and oxygen atoms in total. The van der Waals surface area contributed by atoms with Crippen LogP contribution in [-0.2, 0) is 9.59 Å². The van der Waals surface area contributed by atoms with Crippen LogP contribution in [0.1, 0.15) is 23.1 Å². The summed E-state index contributed by atoms with van der Waals surface area (Å²) in [5, 5.41) is 10.5. The first-order valence-electron chi connectivity index (χ1n) is 6.41. The summed E-state index contributed by atoms with van der Waals surface area (Å²) in [7, 11) is 0. The van der Waals surface area contributed by atoms with Gasteiger partial charge in [-0.25, -0.2) is 0 Å². The highest BCUT2D eigenvalue weighted by atomic mass is 32.2. The number of amides is 1. The number of aryl methyl sites for hydroxylation is 2. The molecule has 21 heavy (non-hydrogen) atoms. The summed E-state index contributed by atoms with van der Waals surface area (Å²) in [5.41, 5.74) is 3.20. The molecule has 2 rings (SSSR count). The van der Waals surface area contributed by atoms with E-state index in [1.807, 2.05) is 32.0 Å². The van der Waals surface area contributed by atoms with Gasteiger partial charge in [0.2, 0.25) is 0 Å². The highest BCUT2D eigenvalue weighted by molar-refractivity contribution is 8.26. The number of thiocarbonyl (C=S) groups is 1. The highest BCUT2D eigenvalue weighted by Crippen LogP contribution is 2.33.